The van der Waals surface area contributed by atoms with Gasteiger partial charge in [-0.05, 0) is 25.2 Å². The van der Waals surface area contributed by atoms with E-state index >= 15 is 0 Å². The second kappa shape index (κ2) is 5.03. The van der Waals surface area contributed by atoms with E-state index in [1.807, 2.05) is 0 Å². The van der Waals surface area contributed by atoms with Gasteiger partial charge >= 0.3 is 0 Å². The third kappa shape index (κ3) is 1.89. The fraction of sp³-hybridized carbons (Fsp3) is 1.00. The van der Waals surface area contributed by atoms with Crippen LogP contribution in [0.3, 0.4) is 0 Å². The summed E-state index contributed by atoms with van der Waals surface area (Å²) in [7, 11) is 0. The summed E-state index contributed by atoms with van der Waals surface area (Å²) in [5.74, 6) is 0.740. The summed E-state index contributed by atoms with van der Waals surface area (Å²) in [5.41, 5.74) is 6.39. The first-order valence-corrected chi connectivity index (χ1v) is 6.79. The Bertz CT molecular complexity index is 234. The third-order valence-electron chi connectivity index (χ3n) is 4.79. The van der Waals surface area contributed by atoms with E-state index in [0.717, 1.165) is 32.2 Å². The molecular weight excluding hydrogens is 200 g/mol. The van der Waals surface area contributed by atoms with Crippen LogP contribution in [0, 0.1) is 5.92 Å². The highest BCUT2D eigenvalue weighted by molar-refractivity contribution is 5.02. The van der Waals surface area contributed by atoms with Gasteiger partial charge in [0.2, 0.25) is 0 Å². The van der Waals surface area contributed by atoms with Crippen molar-refractivity contribution in [1.29, 1.82) is 0 Å². The Kier molecular flexibility index (Phi) is 3.88. The molecule has 2 aliphatic rings. The molecule has 2 rings (SSSR count). The molecule has 1 aliphatic heterocycles. The van der Waals surface area contributed by atoms with Crippen molar-refractivity contribution in [2.24, 2.45) is 11.7 Å². The molecule has 0 radical (unpaired) electrons. The first-order valence-electron chi connectivity index (χ1n) is 6.79. The Morgan fingerprint density at radius 3 is 2.88 bits per heavy atom. The van der Waals surface area contributed by atoms with Gasteiger partial charge in [0.15, 0.2) is 0 Å². The SMILES string of the molecule is CCC1COCCN1C1(CN)CCCC1C. The van der Waals surface area contributed by atoms with Crippen LogP contribution in [0.5, 0.6) is 0 Å². The number of rotatable bonds is 3. The van der Waals surface area contributed by atoms with Crippen molar-refractivity contribution >= 4 is 0 Å². The van der Waals surface area contributed by atoms with Crippen LogP contribution in [-0.4, -0.2) is 42.8 Å². The number of hydrogen-bond donors (Lipinski definition) is 1. The van der Waals surface area contributed by atoms with E-state index in [1.165, 1.54) is 25.7 Å². The molecule has 2 N–H and O–H groups in total. The zero-order chi connectivity index (χ0) is 11.6. The van der Waals surface area contributed by atoms with Gasteiger partial charge in [0.25, 0.3) is 0 Å². The highest BCUT2D eigenvalue weighted by atomic mass is 16.5. The van der Waals surface area contributed by atoms with E-state index in [1.54, 1.807) is 0 Å². The van der Waals surface area contributed by atoms with Crippen LogP contribution in [0.15, 0.2) is 0 Å². The number of hydrogen-bond acceptors (Lipinski definition) is 3. The largest absolute Gasteiger partial charge is 0.378 e. The van der Waals surface area contributed by atoms with Gasteiger partial charge in [0, 0.05) is 24.7 Å². The lowest BCUT2D eigenvalue weighted by Gasteiger charge is -2.50. The predicted molar refractivity (Wildman–Crippen MR) is 66.4 cm³/mol. The molecule has 3 heteroatoms. The topological polar surface area (TPSA) is 38.5 Å². The fourth-order valence-electron chi connectivity index (χ4n) is 3.66. The molecule has 3 unspecified atom stereocenters. The molecule has 16 heavy (non-hydrogen) atoms. The molecule has 94 valence electrons. The van der Waals surface area contributed by atoms with Crippen LogP contribution in [0.2, 0.25) is 0 Å². The van der Waals surface area contributed by atoms with E-state index < -0.39 is 0 Å². The lowest BCUT2D eigenvalue weighted by molar-refractivity contribution is -0.0744. The molecular formula is C13H26N2O. The Hall–Kier alpha value is -0.120. The second-order valence-electron chi connectivity index (χ2n) is 5.43. The van der Waals surface area contributed by atoms with Gasteiger partial charge in [-0.1, -0.05) is 20.3 Å². The summed E-state index contributed by atoms with van der Waals surface area (Å²) >= 11 is 0. The zero-order valence-electron chi connectivity index (χ0n) is 10.7. The maximum atomic E-state index is 6.12. The molecule has 2 fully saturated rings. The molecule has 1 aliphatic carbocycles. The number of nitrogens with zero attached hydrogens (tertiary/aromatic N) is 1. The van der Waals surface area contributed by atoms with Crippen molar-refractivity contribution in [3.63, 3.8) is 0 Å². The molecule has 0 aromatic rings. The molecule has 1 saturated heterocycles. The fourth-order valence-corrected chi connectivity index (χ4v) is 3.66. The molecule has 1 heterocycles. The lowest BCUT2D eigenvalue weighted by atomic mass is 9.84. The first kappa shape index (κ1) is 12.3. The molecule has 3 nitrogen and oxygen atoms in total. The van der Waals surface area contributed by atoms with Crippen molar-refractivity contribution in [3.8, 4) is 0 Å². The van der Waals surface area contributed by atoms with Crippen molar-refractivity contribution in [1.82, 2.24) is 4.90 Å². The van der Waals surface area contributed by atoms with Gasteiger partial charge in [-0.15, -0.1) is 0 Å². The van der Waals surface area contributed by atoms with Gasteiger partial charge in [-0.2, -0.15) is 0 Å². The molecule has 0 aromatic carbocycles. The van der Waals surface area contributed by atoms with Gasteiger partial charge < -0.3 is 10.5 Å². The summed E-state index contributed by atoms with van der Waals surface area (Å²) in [6, 6.07) is 0.581. The summed E-state index contributed by atoms with van der Waals surface area (Å²) in [6.45, 7) is 8.29. The predicted octanol–water partition coefficient (Wildman–Crippen LogP) is 1.61. The molecule has 1 saturated carbocycles. The molecule has 0 amide bonds. The summed E-state index contributed by atoms with van der Waals surface area (Å²) in [6.07, 6.45) is 5.13. The monoisotopic (exact) mass is 226 g/mol. The normalized spacial score (nSPS) is 41.4. The standard InChI is InChI=1S/C13H26N2O/c1-3-12-9-16-8-7-15(12)13(10-14)6-4-5-11(13)2/h11-12H,3-10,14H2,1-2H3. The van der Waals surface area contributed by atoms with Gasteiger partial charge in [-0.25, -0.2) is 0 Å². The maximum Gasteiger partial charge on any atom is 0.0622 e. The summed E-state index contributed by atoms with van der Waals surface area (Å²) in [4.78, 5) is 2.67. The zero-order valence-corrected chi connectivity index (χ0v) is 10.7. The Morgan fingerprint density at radius 1 is 1.50 bits per heavy atom. The highest BCUT2D eigenvalue weighted by Crippen LogP contribution is 2.41. The Balaban J connectivity index is 2.18. The molecule has 3 atom stereocenters. The minimum Gasteiger partial charge on any atom is -0.378 e. The van der Waals surface area contributed by atoms with E-state index in [9.17, 15) is 0 Å². The van der Waals surface area contributed by atoms with Crippen molar-refractivity contribution in [3.05, 3.63) is 0 Å². The minimum atomic E-state index is 0.268. The number of morpholine rings is 1. The van der Waals surface area contributed by atoms with Gasteiger partial charge in [0.1, 0.15) is 0 Å². The molecule has 0 bridgehead atoms. The Morgan fingerprint density at radius 2 is 2.31 bits per heavy atom. The third-order valence-corrected chi connectivity index (χ3v) is 4.79. The van der Waals surface area contributed by atoms with Crippen molar-refractivity contribution < 1.29 is 4.74 Å². The lowest BCUT2D eigenvalue weighted by Crippen LogP contribution is -2.62. The maximum absolute atomic E-state index is 6.12. The second-order valence-corrected chi connectivity index (χ2v) is 5.43. The smallest absolute Gasteiger partial charge is 0.0622 e. The van der Waals surface area contributed by atoms with Crippen LogP contribution >= 0.6 is 0 Å². The van der Waals surface area contributed by atoms with Gasteiger partial charge in [0.05, 0.1) is 13.2 Å². The quantitative estimate of drug-likeness (QED) is 0.794. The van der Waals surface area contributed by atoms with E-state index in [-0.39, 0.29) is 5.54 Å². The van der Waals surface area contributed by atoms with Crippen molar-refractivity contribution in [2.75, 3.05) is 26.3 Å². The summed E-state index contributed by atoms with van der Waals surface area (Å²) in [5, 5.41) is 0. The molecule has 0 spiro atoms. The number of ether oxygens (including phenoxy) is 1. The van der Waals surface area contributed by atoms with E-state index in [2.05, 4.69) is 18.7 Å². The van der Waals surface area contributed by atoms with Crippen LogP contribution in [-0.2, 0) is 4.74 Å². The van der Waals surface area contributed by atoms with Crippen LogP contribution in [0.4, 0.5) is 0 Å². The van der Waals surface area contributed by atoms with Crippen molar-refractivity contribution in [2.45, 2.75) is 51.1 Å². The van der Waals surface area contributed by atoms with Gasteiger partial charge in [-0.3, -0.25) is 4.90 Å². The summed E-state index contributed by atoms with van der Waals surface area (Å²) < 4.78 is 5.61. The first-order chi connectivity index (χ1) is 7.74. The average Bonchev–Trinajstić information content (AvgIpc) is 2.71. The minimum absolute atomic E-state index is 0.268. The highest BCUT2D eigenvalue weighted by Gasteiger charge is 2.46. The van der Waals surface area contributed by atoms with E-state index in [4.69, 9.17) is 10.5 Å². The van der Waals surface area contributed by atoms with Crippen LogP contribution in [0.25, 0.3) is 0 Å². The average molecular weight is 226 g/mol. The van der Waals surface area contributed by atoms with Crippen LogP contribution < -0.4 is 5.73 Å². The number of nitrogens with two attached hydrogens (primary N) is 1. The van der Waals surface area contributed by atoms with E-state index in [0.29, 0.717) is 6.04 Å². The Labute approximate surface area is 99.3 Å². The van der Waals surface area contributed by atoms with Crippen LogP contribution in [0.1, 0.15) is 39.5 Å². The molecule has 0 aromatic heterocycles.